The van der Waals surface area contributed by atoms with Crippen LogP contribution >= 0.6 is 0 Å². The van der Waals surface area contributed by atoms with E-state index in [-0.39, 0.29) is 18.0 Å². The largest absolute Gasteiger partial charge is 0.461 e. The van der Waals surface area contributed by atoms with Gasteiger partial charge in [-0.05, 0) is 25.5 Å². The van der Waals surface area contributed by atoms with Crippen LogP contribution in [0.4, 0.5) is 4.39 Å². The number of carbonyl (C=O) groups excluding carboxylic acids is 1. The highest BCUT2D eigenvalue weighted by molar-refractivity contribution is 5.92. The molecule has 0 aliphatic carbocycles. The normalized spacial score (nSPS) is 14.0. The van der Waals surface area contributed by atoms with Crippen LogP contribution in [0.15, 0.2) is 36.1 Å². The minimum absolute atomic E-state index is 0.00288. The third-order valence-electron chi connectivity index (χ3n) is 1.78. The van der Waals surface area contributed by atoms with Crippen LogP contribution in [-0.4, -0.2) is 12.1 Å². The van der Waals surface area contributed by atoms with Crippen molar-refractivity contribution in [2.24, 2.45) is 0 Å². The van der Waals surface area contributed by atoms with Crippen molar-refractivity contribution >= 4 is 5.78 Å². The standard InChI is InChI=1S/C12H17FO2/c1-5-12(13)15-10(3)8-6-7-9(2)11(4)14/h6-8,12H,3,5H2,1-2,4H3/b8-6-,9-7+. The molecule has 0 saturated heterocycles. The highest BCUT2D eigenvalue weighted by atomic mass is 19.1. The van der Waals surface area contributed by atoms with E-state index in [4.69, 9.17) is 4.74 Å². The summed E-state index contributed by atoms with van der Waals surface area (Å²) in [5, 5.41) is 0. The van der Waals surface area contributed by atoms with Gasteiger partial charge in [0, 0.05) is 6.42 Å². The fourth-order valence-corrected chi connectivity index (χ4v) is 0.704. The molecule has 0 aliphatic rings. The first kappa shape index (κ1) is 13.6. The van der Waals surface area contributed by atoms with E-state index in [2.05, 4.69) is 6.58 Å². The van der Waals surface area contributed by atoms with Gasteiger partial charge in [-0.15, -0.1) is 0 Å². The molecule has 1 atom stereocenters. The van der Waals surface area contributed by atoms with Gasteiger partial charge in [0.15, 0.2) is 5.78 Å². The maximum Gasteiger partial charge on any atom is 0.238 e. The number of halogens is 1. The van der Waals surface area contributed by atoms with E-state index in [9.17, 15) is 9.18 Å². The van der Waals surface area contributed by atoms with Crippen LogP contribution in [0.2, 0.25) is 0 Å². The van der Waals surface area contributed by atoms with E-state index in [1.165, 1.54) is 13.0 Å². The van der Waals surface area contributed by atoms with Crippen molar-refractivity contribution in [1.82, 2.24) is 0 Å². The Labute approximate surface area is 90.1 Å². The monoisotopic (exact) mass is 212 g/mol. The third-order valence-corrected chi connectivity index (χ3v) is 1.78. The number of ketones is 1. The number of allylic oxidation sites excluding steroid dienone is 4. The Morgan fingerprint density at radius 3 is 2.60 bits per heavy atom. The zero-order chi connectivity index (χ0) is 11.8. The Hall–Kier alpha value is -1.38. The molecule has 0 fully saturated rings. The van der Waals surface area contributed by atoms with Crippen LogP contribution in [0.3, 0.4) is 0 Å². The number of carbonyl (C=O) groups is 1. The highest BCUT2D eigenvalue weighted by Gasteiger charge is 2.02. The molecule has 0 saturated carbocycles. The summed E-state index contributed by atoms with van der Waals surface area (Å²) in [6.07, 6.45) is 3.74. The quantitative estimate of drug-likeness (QED) is 0.383. The average molecular weight is 212 g/mol. The molecule has 15 heavy (non-hydrogen) atoms. The second-order valence-corrected chi connectivity index (χ2v) is 3.17. The van der Waals surface area contributed by atoms with Gasteiger partial charge in [0.25, 0.3) is 0 Å². The fourth-order valence-electron chi connectivity index (χ4n) is 0.704. The van der Waals surface area contributed by atoms with Crippen molar-refractivity contribution in [2.75, 3.05) is 0 Å². The van der Waals surface area contributed by atoms with E-state index in [0.29, 0.717) is 5.57 Å². The number of ether oxygens (including phenoxy) is 1. The summed E-state index contributed by atoms with van der Waals surface area (Å²) in [7, 11) is 0. The molecule has 1 unspecified atom stereocenters. The van der Waals surface area contributed by atoms with E-state index in [0.717, 1.165) is 0 Å². The van der Waals surface area contributed by atoms with Gasteiger partial charge in [0.05, 0.1) is 0 Å². The SMILES string of the molecule is C=C(/C=C\C=C(/C)C(C)=O)OC(F)CC. The molecular formula is C12H17FO2. The first-order valence-corrected chi connectivity index (χ1v) is 4.83. The topological polar surface area (TPSA) is 26.3 Å². The molecular weight excluding hydrogens is 195 g/mol. The lowest BCUT2D eigenvalue weighted by atomic mass is 10.2. The first-order chi connectivity index (χ1) is 6.97. The van der Waals surface area contributed by atoms with Crippen LogP contribution in [0.5, 0.6) is 0 Å². The summed E-state index contributed by atoms with van der Waals surface area (Å²) >= 11 is 0. The summed E-state index contributed by atoms with van der Waals surface area (Å²) in [5.41, 5.74) is 0.631. The van der Waals surface area contributed by atoms with Crippen molar-refractivity contribution in [2.45, 2.75) is 33.5 Å². The summed E-state index contributed by atoms with van der Waals surface area (Å²) in [6.45, 7) is 8.40. The Morgan fingerprint density at radius 1 is 1.53 bits per heavy atom. The molecule has 0 rings (SSSR count). The molecule has 0 heterocycles. The third kappa shape index (κ3) is 6.66. The maximum absolute atomic E-state index is 12.7. The molecule has 3 heteroatoms. The molecule has 2 nitrogen and oxygen atoms in total. The Balaban J connectivity index is 4.13. The lowest BCUT2D eigenvalue weighted by Crippen LogP contribution is -2.02. The average Bonchev–Trinajstić information content (AvgIpc) is 2.17. The van der Waals surface area contributed by atoms with E-state index in [1.54, 1.807) is 26.0 Å². The van der Waals surface area contributed by atoms with Crippen molar-refractivity contribution in [3.8, 4) is 0 Å². The molecule has 0 radical (unpaired) electrons. The van der Waals surface area contributed by atoms with Crippen molar-refractivity contribution in [3.05, 3.63) is 36.1 Å². The molecule has 0 aliphatic heterocycles. The lowest BCUT2D eigenvalue weighted by Gasteiger charge is -2.07. The number of Topliss-reactive ketones (excluding diaryl/α,β-unsaturated/α-hetero) is 1. The van der Waals surface area contributed by atoms with Crippen molar-refractivity contribution < 1.29 is 13.9 Å². The second-order valence-electron chi connectivity index (χ2n) is 3.17. The zero-order valence-corrected chi connectivity index (χ0v) is 9.42. The minimum Gasteiger partial charge on any atom is -0.461 e. The van der Waals surface area contributed by atoms with Gasteiger partial charge in [-0.3, -0.25) is 4.79 Å². The Kier molecular flexibility index (Phi) is 6.34. The van der Waals surface area contributed by atoms with Gasteiger partial charge < -0.3 is 4.74 Å². The predicted molar refractivity (Wildman–Crippen MR) is 59.0 cm³/mol. The molecule has 0 bridgehead atoms. The zero-order valence-electron chi connectivity index (χ0n) is 9.42. The van der Waals surface area contributed by atoms with Crippen LogP contribution in [0.1, 0.15) is 27.2 Å². The highest BCUT2D eigenvalue weighted by Crippen LogP contribution is 2.07. The molecule has 84 valence electrons. The molecule has 0 aromatic carbocycles. The van der Waals surface area contributed by atoms with E-state index < -0.39 is 6.36 Å². The summed E-state index contributed by atoms with van der Waals surface area (Å²) < 4.78 is 17.5. The van der Waals surface area contributed by atoms with Gasteiger partial charge in [-0.1, -0.05) is 25.7 Å². The molecule has 0 aromatic heterocycles. The first-order valence-electron chi connectivity index (χ1n) is 4.83. The van der Waals surface area contributed by atoms with Crippen molar-refractivity contribution in [3.63, 3.8) is 0 Å². The van der Waals surface area contributed by atoms with Crippen LogP contribution < -0.4 is 0 Å². The van der Waals surface area contributed by atoms with Crippen molar-refractivity contribution in [1.29, 1.82) is 0 Å². The molecule has 0 aromatic rings. The second kappa shape index (κ2) is 6.98. The van der Waals surface area contributed by atoms with Gasteiger partial charge in [0.1, 0.15) is 5.76 Å². The summed E-state index contributed by atoms with van der Waals surface area (Å²) in [6, 6.07) is 0. The Bertz CT molecular complexity index is 290. The molecule has 0 amide bonds. The van der Waals surface area contributed by atoms with Crippen LogP contribution in [0.25, 0.3) is 0 Å². The van der Waals surface area contributed by atoms with Gasteiger partial charge in [-0.2, -0.15) is 0 Å². The van der Waals surface area contributed by atoms with Crippen LogP contribution in [0, 0.1) is 0 Å². The number of alkyl halides is 1. The molecule has 0 spiro atoms. The number of hydrogen-bond acceptors (Lipinski definition) is 2. The summed E-state index contributed by atoms with van der Waals surface area (Å²) in [4.78, 5) is 10.8. The Morgan fingerprint density at radius 2 is 2.13 bits per heavy atom. The van der Waals surface area contributed by atoms with Gasteiger partial charge >= 0.3 is 0 Å². The molecule has 0 N–H and O–H groups in total. The minimum atomic E-state index is -1.32. The van der Waals surface area contributed by atoms with E-state index in [1.807, 2.05) is 0 Å². The van der Waals surface area contributed by atoms with E-state index >= 15 is 0 Å². The fraction of sp³-hybridized carbons (Fsp3) is 0.417. The lowest BCUT2D eigenvalue weighted by molar-refractivity contribution is -0.113. The predicted octanol–water partition coefficient (Wildman–Crippen LogP) is 3.31. The van der Waals surface area contributed by atoms with Gasteiger partial charge in [-0.25, -0.2) is 4.39 Å². The van der Waals surface area contributed by atoms with Gasteiger partial charge in [0.2, 0.25) is 6.36 Å². The smallest absolute Gasteiger partial charge is 0.238 e. The number of rotatable bonds is 6. The van der Waals surface area contributed by atoms with Crippen LogP contribution in [-0.2, 0) is 9.53 Å². The summed E-state index contributed by atoms with van der Waals surface area (Å²) in [5.74, 6) is 0.250. The number of hydrogen-bond donors (Lipinski definition) is 0. The maximum atomic E-state index is 12.7.